The Bertz CT molecular complexity index is 693. The van der Waals surface area contributed by atoms with Gasteiger partial charge in [0.1, 0.15) is 5.75 Å². The number of rotatable bonds is 4. The van der Waals surface area contributed by atoms with Crippen molar-refractivity contribution in [3.8, 4) is 5.75 Å². The van der Waals surface area contributed by atoms with Gasteiger partial charge >= 0.3 is 6.18 Å². The molecule has 3 nitrogen and oxygen atoms in total. The first-order valence-electron chi connectivity index (χ1n) is 8.24. The Morgan fingerprint density at radius 1 is 0.920 bits per heavy atom. The molecule has 0 aliphatic carbocycles. The Morgan fingerprint density at radius 3 is 2.16 bits per heavy atom. The molecule has 0 amide bonds. The van der Waals surface area contributed by atoms with E-state index in [9.17, 15) is 13.2 Å². The summed E-state index contributed by atoms with van der Waals surface area (Å²) < 4.78 is 43.3. The lowest BCUT2D eigenvalue weighted by molar-refractivity contribution is -0.137. The van der Waals surface area contributed by atoms with Crippen LogP contribution in [-0.2, 0) is 12.7 Å². The van der Waals surface area contributed by atoms with Crippen LogP contribution in [0.25, 0.3) is 0 Å². The van der Waals surface area contributed by atoms with Crippen LogP contribution in [-0.4, -0.2) is 38.2 Å². The van der Waals surface area contributed by atoms with Crippen LogP contribution < -0.4 is 9.64 Å². The second kappa shape index (κ2) is 7.35. The van der Waals surface area contributed by atoms with Gasteiger partial charge < -0.3 is 9.64 Å². The summed E-state index contributed by atoms with van der Waals surface area (Å²) in [7, 11) is 1.67. The summed E-state index contributed by atoms with van der Waals surface area (Å²) in [6.07, 6.45) is -4.28. The van der Waals surface area contributed by atoms with E-state index in [0.29, 0.717) is 6.54 Å². The van der Waals surface area contributed by atoms with E-state index in [2.05, 4.69) is 9.80 Å². The average molecular weight is 350 g/mol. The van der Waals surface area contributed by atoms with Crippen LogP contribution in [0.5, 0.6) is 5.75 Å². The molecule has 25 heavy (non-hydrogen) atoms. The second-order valence-electron chi connectivity index (χ2n) is 6.13. The highest BCUT2D eigenvalue weighted by atomic mass is 19.4. The standard InChI is InChI=1S/C19H21F3N2O/c1-25-18-5-3-2-4-17(18)24-12-10-23(11-13-24)14-15-6-8-16(9-7-15)19(20,21)22/h2-9H,10-14H2,1H3. The van der Waals surface area contributed by atoms with Crippen LogP contribution in [0.3, 0.4) is 0 Å². The molecule has 0 aromatic heterocycles. The molecular weight excluding hydrogens is 329 g/mol. The molecular formula is C19H21F3N2O. The van der Waals surface area contributed by atoms with Crippen molar-refractivity contribution in [3.63, 3.8) is 0 Å². The maximum atomic E-state index is 12.6. The summed E-state index contributed by atoms with van der Waals surface area (Å²) >= 11 is 0. The van der Waals surface area contributed by atoms with Gasteiger partial charge in [-0.1, -0.05) is 24.3 Å². The van der Waals surface area contributed by atoms with Gasteiger partial charge in [-0.15, -0.1) is 0 Å². The van der Waals surface area contributed by atoms with Crippen molar-refractivity contribution in [2.45, 2.75) is 12.7 Å². The van der Waals surface area contributed by atoms with Crippen molar-refractivity contribution in [1.29, 1.82) is 0 Å². The summed E-state index contributed by atoms with van der Waals surface area (Å²) in [5, 5.41) is 0. The number of hydrogen-bond donors (Lipinski definition) is 0. The molecule has 0 spiro atoms. The lowest BCUT2D eigenvalue weighted by atomic mass is 10.1. The maximum absolute atomic E-state index is 12.6. The Labute approximate surface area is 145 Å². The van der Waals surface area contributed by atoms with E-state index in [1.807, 2.05) is 24.3 Å². The number of alkyl halides is 3. The number of anilines is 1. The molecule has 2 aromatic rings. The number of halogens is 3. The predicted octanol–water partition coefficient (Wildman–Crippen LogP) is 4.04. The van der Waals surface area contributed by atoms with Crippen molar-refractivity contribution in [2.75, 3.05) is 38.2 Å². The molecule has 2 aromatic carbocycles. The number of ether oxygens (including phenoxy) is 1. The van der Waals surface area contributed by atoms with E-state index in [-0.39, 0.29) is 0 Å². The van der Waals surface area contributed by atoms with Gasteiger partial charge in [-0.2, -0.15) is 13.2 Å². The minimum Gasteiger partial charge on any atom is -0.495 e. The summed E-state index contributed by atoms with van der Waals surface area (Å²) in [6, 6.07) is 13.4. The Balaban J connectivity index is 1.58. The molecule has 1 heterocycles. The van der Waals surface area contributed by atoms with Crippen molar-refractivity contribution < 1.29 is 17.9 Å². The molecule has 1 aliphatic heterocycles. The summed E-state index contributed by atoms with van der Waals surface area (Å²) in [5.41, 5.74) is 1.38. The number of para-hydroxylation sites is 2. The van der Waals surface area contributed by atoms with Crippen LogP contribution >= 0.6 is 0 Å². The van der Waals surface area contributed by atoms with Crippen LogP contribution in [0.1, 0.15) is 11.1 Å². The highest BCUT2D eigenvalue weighted by Crippen LogP contribution is 2.30. The Morgan fingerprint density at radius 2 is 1.56 bits per heavy atom. The van der Waals surface area contributed by atoms with E-state index in [1.165, 1.54) is 0 Å². The largest absolute Gasteiger partial charge is 0.495 e. The van der Waals surface area contributed by atoms with E-state index in [4.69, 9.17) is 4.74 Å². The highest BCUT2D eigenvalue weighted by molar-refractivity contribution is 5.58. The zero-order valence-electron chi connectivity index (χ0n) is 14.1. The van der Waals surface area contributed by atoms with Gasteiger partial charge in [0.25, 0.3) is 0 Å². The number of methoxy groups -OCH3 is 1. The van der Waals surface area contributed by atoms with E-state index >= 15 is 0 Å². The fraction of sp³-hybridized carbons (Fsp3) is 0.368. The van der Waals surface area contributed by atoms with Crippen LogP contribution in [0.15, 0.2) is 48.5 Å². The predicted molar refractivity (Wildman–Crippen MR) is 91.9 cm³/mol. The first-order chi connectivity index (χ1) is 12.0. The molecule has 134 valence electrons. The lowest BCUT2D eigenvalue weighted by Crippen LogP contribution is -2.46. The Kier molecular flexibility index (Phi) is 5.18. The summed E-state index contributed by atoms with van der Waals surface area (Å²) in [6.45, 7) is 4.11. The van der Waals surface area contributed by atoms with E-state index in [0.717, 1.165) is 55.3 Å². The second-order valence-corrected chi connectivity index (χ2v) is 6.13. The Hall–Kier alpha value is -2.21. The first kappa shape index (κ1) is 17.6. The third-order valence-corrected chi connectivity index (χ3v) is 4.49. The molecule has 0 N–H and O–H groups in total. The fourth-order valence-electron chi connectivity index (χ4n) is 3.10. The molecule has 1 saturated heterocycles. The highest BCUT2D eigenvalue weighted by Gasteiger charge is 2.30. The molecule has 6 heteroatoms. The lowest BCUT2D eigenvalue weighted by Gasteiger charge is -2.36. The SMILES string of the molecule is COc1ccccc1N1CCN(Cc2ccc(C(F)(F)F)cc2)CC1. The topological polar surface area (TPSA) is 15.7 Å². The number of nitrogens with zero attached hydrogens (tertiary/aromatic N) is 2. The van der Waals surface area contributed by atoms with E-state index < -0.39 is 11.7 Å². The van der Waals surface area contributed by atoms with Gasteiger partial charge in [0.2, 0.25) is 0 Å². The summed E-state index contributed by atoms with van der Waals surface area (Å²) in [5.74, 6) is 0.860. The normalized spacial score (nSPS) is 16.1. The van der Waals surface area contributed by atoms with Crippen molar-refractivity contribution >= 4 is 5.69 Å². The van der Waals surface area contributed by atoms with Gasteiger partial charge in [-0.05, 0) is 29.8 Å². The van der Waals surface area contributed by atoms with E-state index in [1.54, 1.807) is 19.2 Å². The summed E-state index contributed by atoms with van der Waals surface area (Å²) in [4.78, 5) is 4.54. The molecule has 0 radical (unpaired) electrons. The molecule has 0 saturated carbocycles. The third kappa shape index (κ3) is 4.25. The first-order valence-corrected chi connectivity index (χ1v) is 8.24. The zero-order chi connectivity index (χ0) is 17.9. The quantitative estimate of drug-likeness (QED) is 0.828. The van der Waals surface area contributed by atoms with Gasteiger partial charge in [0.15, 0.2) is 0 Å². The molecule has 0 atom stereocenters. The van der Waals surface area contributed by atoms with Gasteiger partial charge in [-0.25, -0.2) is 0 Å². The zero-order valence-corrected chi connectivity index (χ0v) is 14.1. The van der Waals surface area contributed by atoms with Gasteiger partial charge in [0, 0.05) is 32.7 Å². The molecule has 3 rings (SSSR count). The minimum atomic E-state index is -4.28. The minimum absolute atomic E-state index is 0.600. The fourth-order valence-corrected chi connectivity index (χ4v) is 3.10. The van der Waals surface area contributed by atoms with Crippen molar-refractivity contribution in [1.82, 2.24) is 4.90 Å². The molecule has 1 aliphatic rings. The van der Waals surface area contributed by atoms with Gasteiger partial charge in [-0.3, -0.25) is 4.90 Å². The van der Waals surface area contributed by atoms with Gasteiger partial charge in [0.05, 0.1) is 18.4 Å². The molecule has 0 unspecified atom stereocenters. The maximum Gasteiger partial charge on any atom is 0.416 e. The van der Waals surface area contributed by atoms with Crippen LogP contribution in [0, 0.1) is 0 Å². The third-order valence-electron chi connectivity index (χ3n) is 4.49. The number of hydrogen-bond acceptors (Lipinski definition) is 3. The molecule has 0 bridgehead atoms. The van der Waals surface area contributed by atoms with Crippen LogP contribution in [0.4, 0.5) is 18.9 Å². The smallest absolute Gasteiger partial charge is 0.416 e. The number of piperazine rings is 1. The van der Waals surface area contributed by atoms with Crippen LogP contribution in [0.2, 0.25) is 0 Å². The monoisotopic (exact) mass is 350 g/mol. The number of benzene rings is 2. The van der Waals surface area contributed by atoms with Crippen molar-refractivity contribution in [3.05, 3.63) is 59.7 Å². The average Bonchev–Trinajstić information content (AvgIpc) is 2.62. The van der Waals surface area contributed by atoms with Crippen molar-refractivity contribution in [2.24, 2.45) is 0 Å². The molecule has 1 fully saturated rings.